The van der Waals surface area contributed by atoms with Crippen LogP contribution in [-0.4, -0.2) is 0 Å². The molecule has 0 bridgehead atoms. The lowest BCUT2D eigenvalue weighted by Gasteiger charge is -2.19. The van der Waals surface area contributed by atoms with Crippen molar-refractivity contribution in [1.29, 1.82) is 0 Å². The van der Waals surface area contributed by atoms with E-state index in [-0.39, 0.29) is 10.8 Å². The van der Waals surface area contributed by atoms with Gasteiger partial charge in [-0.2, -0.15) is 0 Å². The van der Waals surface area contributed by atoms with Gasteiger partial charge in [0.1, 0.15) is 0 Å². The Kier molecular flexibility index (Phi) is 5.05. The molecule has 0 aromatic carbocycles. The lowest BCUT2D eigenvalue weighted by atomic mass is 9.88. The fourth-order valence-electron chi connectivity index (χ4n) is 2.18. The monoisotopic (exact) mass is 266 g/mol. The van der Waals surface area contributed by atoms with Gasteiger partial charge in [0.05, 0.1) is 0 Å². The van der Waals surface area contributed by atoms with E-state index in [2.05, 4.69) is 54.5 Å². The summed E-state index contributed by atoms with van der Waals surface area (Å²) in [6.07, 6.45) is 5.25. The van der Waals surface area contributed by atoms with Crippen molar-refractivity contribution in [3.63, 3.8) is 0 Å². The van der Waals surface area contributed by atoms with Crippen LogP contribution in [0.4, 0.5) is 0 Å². The average Bonchev–Trinajstić information content (AvgIpc) is 2.61. The maximum absolute atomic E-state index is 2.47. The summed E-state index contributed by atoms with van der Waals surface area (Å²) in [6.45, 7) is 16.3. The van der Waals surface area contributed by atoms with Crippen LogP contribution in [0, 0.1) is 0 Å². The van der Waals surface area contributed by atoms with Gasteiger partial charge in [0.15, 0.2) is 0 Å². The van der Waals surface area contributed by atoms with Crippen LogP contribution in [0.15, 0.2) is 6.07 Å². The summed E-state index contributed by atoms with van der Waals surface area (Å²) >= 11 is 2.03. The standard InChI is InChI=1S/C17H30S/c1-8-9-10-11-13-12-14(16(2,3)4)18-15(13)17(5,6)7/h12H,8-11H2,1-7H3. The van der Waals surface area contributed by atoms with Crippen molar-refractivity contribution in [1.82, 2.24) is 0 Å². The molecule has 0 N–H and O–H groups in total. The third-order valence-electron chi connectivity index (χ3n) is 3.28. The number of aryl methyl sites for hydroxylation is 1. The molecule has 1 heterocycles. The molecule has 18 heavy (non-hydrogen) atoms. The number of rotatable bonds is 4. The molecule has 1 aromatic rings. The van der Waals surface area contributed by atoms with Gasteiger partial charge >= 0.3 is 0 Å². The van der Waals surface area contributed by atoms with E-state index < -0.39 is 0 Å². The van der Waals surface area contributed by atoms with E-state index in [0.717, 1.165) is 0 Å². The van der Waals surface area contributed by atoms with Crippen molar-refractivity contribution in [2.75, 3.05) is 0 Å². The zero-order valence-corrected chi connectivity index (χ0v) is 14.1. The first-order chi connectivity index (χ1) is 8.16. The first kappa shape index (κ1) is 15.8. The zero-order chi connectivity index (χ0) is 14.0. The molecule has 0 aliphatic carbocycles. The zero-order valence-electron chi connectivity index (χ0n) is 13.3. The third kappa shape index (κ3) is 4.12. The van der Waals surface area contributed by atoms with Crippen molar-refractivity contribution in [3.8, 4) is 0 Å². The highest BCUT2D eigenvalue weighted by Gasteiger charge is 2.25. The van der Waals surface area contributed by atoms with Gasteiger partial charge in [0, 0.05) is 9.75 Å². The Morgan fingerprint density at radius 1 is 0.944 bits per heavy atom. The summed E-state index contributed by atoms with van der Waals surface area (Å²) in [7, 11) is 0. The van der Waals surface area contributed by atoms with Gasteiger partial charge in [-0.1, -0.05) is 61.3 Å². The Balaban J connectivity index is 3.02. The van der Waals surface area contributed by atoms with E-state index in [1.54, 1.807) is 15.3 Å². The molecule has 0 aliphatic heterocycles. The molecule has 1 aromatic heterocycles. The van der Waals surface area contributed by atoms with Gasteiger partial charge in [-0.15, -0.1) is 11.3 Å². The summed E-state index contributed by atoms with van der Waals surface area (Å²) < 4.78 is 0. The van der Waals surface area contributed by atoms with Gasteiger partial charge in [-0.3, -0.25) is 0 Å². The Morgan fingerprint density at radius 3 is 2.00 bits per heavy atom. The predicted octanol–water partition coefficient (Wildman–Crippen LogP) is 6.08. The van der Waals surface area contributed by atoms with Crippen LogP contribution in [0.1, 0.15) is 83.0 Å². The summed E-state index contributed by atoms with van der Waals surface area (Å²) in [5.74, 6) is 0. The van der Waals surface area contributed by atoms with Crippen LogP contribution in [0.2, 0.25) is 0 Å². The molecule has 0 atom stereocenters. The second kappa shape index (κ2) is 5.77. The summed E-state index contributed by atoms with van der Waals surface area (Å²) in [6, 6.07) is 2.47. The SMILES string of the molecule is CCCCCc1cc(C(C)(C)C)sc1C(C)(C)C. The smallest absolute Gasteiger partial charge is 0.0134 e. The fourth-order valence-corrected chi connectivity index (χ4v) is 3.51. The Labute approximate surface area is 118 Å². The molecule has 0 unspecified atom stereocenters. The van der Waals surface area contributed by atoms with Gasteiger partial charge in [-0.05, 0) is 35.3 Å². The predicted molar refractivity (Wildman–Crippen MR) is 84.9 cm³/mol. The minimum atomic E-state index is 0.285. The molecule has 1 rings (SSSR count). The maximum atomic E-state index is 2.47. The minimum absolute atomic E-state index is 0.285. The van der Waals surface area contributed by atoms with Crippen LogP contribution in [0.3, 0.4) is 0 Å². The molecular weight excluding hydrogens is 236 g/mol. The van der Waals surface area contributed by atoms with Crippen LogP contribution in [0.25, 0.3) is 0 Å². The van der Waals surface area contributed by atoms with Crippen LogP contribution in [0.5, 0.6) is 0 Å². The lowest BCUT2D eigenvalue weighted by Crippen LogP contribution is -2.11. The Morgan fingerprint density at radius 2 is 1.56 bits per heavy atom. The molecule has 0 nitrogen and oxygen atoms in total. The molecule has 0 saturated carbocycles. The van der Waals surface area contributed by atoms with Crippen LogP contribution < -0.4 is 0 Å². The van der Waals surface area contributed by atoms with Gasteiger partial charge in [0.2, 0.25) is 0 Å². The minimum Gasteiger partial charge on any atom is -0.144 e. The van der Waals surface area contributed by atoms with E-state index in [1.165, 1.54) is 25.7 Å². The first-order valence-corrected chi connectivity index (χ1v) is 8.11. The number of hydrogen-bond acceptors (Lipinski definition) is 1. The second-order valence-corrected chi connectivity index (χ2v) is 8.47. The van der Waals surface area contributed by atoms with Crippen LogP contribution >= 0.6 is 11.3 Å². The number of hydrogen-bond donors (Lipinski definition) is 0. The summed E-state index contributed by atoms with van der Waals surface area (Å²) in [4.78, 5) is 3.14. The van der Waals surface area contributed by atoms with Crippen LogP contribution in [-0.2, 0) is 17.3 Å². The van der Waals surface area contributed by atoms with Crippen molar-refractivity contribution in [3.05, 3.63) is 21.4 Å². The molecule has 0 radical (unpaired) electrons. The second-order valence-electron chi connectivity index (χ2n) is 7.42. The topological polar surface area (TPSA) is 0 Å². The van der Waals surface area contributed by atoms with Crippen molar-refractivity contribution < 1.29 is 0 Å². The highest BCUT2D eigenvalue weighted by atomic mass is 32.1. The maximum Gasteiger partial charge on any atom is 0.0134 e. The molecule has 0 amide bonds. The van der Waals surface area contributed by atoms with Crippen molar-refractivity contribution in [2.45, 2.75) is 85.0 Å². The van der Waals surface area contributed by atoms with E-state index in [1.807, 2.05) is 11.3 Å². The molecule has 0 saturated heterocycles. The number of unbranched alkanes of at least 4 members (excludes halogenated alkanes) is 2. The lowest BCUT2D eigenvalue weighted by molar-refractivity contribution is 0.592. The fraction of sp³-hybridized carbons (Fsp3) is 0.765. The van der Waals surface area contributed by atoms with Gasteiger partial charge in [-0.25, -0.2) is 0 Å². The van der Waals surface area contributed by atoms with E-state index in [4.69, 9.17) is 0 Å². The first-order valence-electron chi connectivity index (χ1n) is 7.30. The highest BCUT2D eigenvalue weighted by Crippen LogP contribution is 2.39. The molecule has 104 valence electrons. The number of thiophene rings is 1. The Bertz CT molecular complexity index is 371. The summed E-state index contributed by atoms with van der Waals surface area (Å²) in [5.41, 5.74) is 2.18. The molecule has 0 fully saturated rings. The van der Waals surface area contributed by atoms with E-state index in [0.29, 0.717) is 0 Å². The molecule has 1 heteroatoms. The van der Waals surface area contributed by atoms with Crippen molar-refractivity contribution in [2.24, 2.45) is 0 Å². The summed E-state index contributed by atoms with van der Waals surface area (Å²) in [5, 5.41) is 0. The van der Waals surface area contributed by atoms with Crippen molar-refractivity contribution >= 4 is 11.3 Å². The molecular formula is C17H30S. The van der Waals surface area contributed by atoms with Gasteiger partial charge in [0.25, 0.3) is 0 Å². The van der Waals surface area contributed by atoms with E-state index >= 15 is 0 Å². The molecule has 0 aliphatic rings. The highest BCUT2D eigenvalue weighted by molar-refractivity contribution is 7.12. The largest absolute Gasteiger partial charge is 0.144 e. The average molecular weight is 266 g/mol. The molecule has 0 spiro atoms. The third-order valence-corrected chi connectivity index (χ3v) is 5.31. The quantitative estimate of drug-likeness (QED) is 0.580. The normalized spacial score (nSPS) is 13.1. The van der Waals surface area contributed by atoms with E-state index in [9.17, 15) is 0 Å². The van der Waals surface area contributed by atoms with Gasteiger partial charge < -0.3 is 0 Å². The Hall–Kier alpha value is -0.300.